The Morgan fingerprint density at radius 3 is 0.914 bits per heavy atom. The molecule has 1 unspecified atom stereocenters. The quantitative estimate of drug-likeness (QED) is 0.0733. The fourth-order valence-electron chi connectivity index (χ4n) is 5.40. The molecule has 4 heteroatoms. The highest BCUT2D eigenvalue weighted by atomic mass is 28.4. The van der Waals surface area contributed by atoms with Crippen molar-refractivity contribution in [2.75, 3.05) is 21.3 Å². The van der Waals surface area contributed by atoms with E-state index in [0.29, 0.717) is 5.92 Å². The minimum atomic E-state index is -2.48. The van der Waals surface area contributed by atoms with Crippen LogP contribution >= 0.6 is 0 Å². The lowest BCUT2D eigenvalue weighted by Gasteiger charge is -2.29. The van der Waals surface area contributed by atoms with Crippen LogP contribution in [0.5, 0.6) is 0 Å². The summed E-state index contributed by atoms with van der Waals surface area (Å²) < 4.78 is 17.3. The van der Waals surface area contributed by atoms with E-state index in [4.69, 9.17) is 13.3 Å². The van der Waals surface area contributed by atoms with Crippen molar-refractivity contribution in [3.63, 3.8) is 0 Å². The summed E-state index contributed by atoms with van der Waals surface area (Å²) in [7, 11) is 2.81. The number of hydrogen-bond acceptors (Lipinski definition) is 3. The van der Waals surface area contributed by atoms with Crippen molar-refractivity contribution in [1.29, 1.82) is 0 Å². The van der Waals surface area contributed by atoms with Gasteiger partial charge < -0.3 is 13.3 Å². The Kier molecular flexibility index (Phi) is 27.2. The molecule has 0 saturated heterocycles. The van der Waals surface area contributed by atoms with E-state index in [9.17, 15) is 0 Å². The summed E-state index contributed by atoms with van der Waals surface area (Å²) in [5.41, 5.74) is 0. The molecule has 0 N–H and O–H groups in total. The Labute approximate surface area is 223 Å². The summed E-state index contributed by atoms with van der Waals surface area (Å²) in [6.07, 6.45) is 33.6. The van der Waals surface area contributed by atoms with Gasteiger partial charge in [-0.2, -0.15) is 0 Å². The van der Waals surface area contributed by atoms with E-state index in [1.807, 2.05) is 0 Å². The molecule has 0 aromatic carbocycles. The standard InChI is InChI=1S/C31H66O3Si/c1-6-8-10-12-14-16-18-19-21-23-25-27-29-31(30-35(32-3,33-4)34-5)28-26-24-22-20-17-15-13-11-9-7-2/h31H,6-30H2,1-5H3. The summed E-state index contributed by atoms with van der Waals surface area (Å²) in [4.78, 5) is 0. The minimum absolute atomic E-state index is 0.679. The third-order valence-corrected chi connectivity index (χ3v) is 10.8. The fourth-order valence-corrected chi connectivity index (χ4v) is 7.51. The third kappa shape index (κ3) is 21.8. The first-order valence-corrected chi connectivity index (χ1v) is 17.8. The van der Waals surface area contributed by atoms with Gasteiger partial charge >= 0.3 is 8.80 Å². The molecule has 35 heavy (non-hydrogen) atoms. The Balaban J connectivity index is 4.03. The van der Waals surface area contributed by atoms with Crippen LogP contribution in [0.25, 0.3) is 0 Å². The van der Waals surface area contributed by atoms with Crippen LogP contribution in [-0.4, -0.2) is 30.1 Å². The van der Waals surface area contributed by atoms with Gasteiger partial charge in [-0.15, -0.1) is 0 Å². The summed E-state index contributed by atoms with van der Waals surface area (Å²) in [5.74, 6) is 0.679. The zero-order valence-corrected chi connectivity index (χ0v) is 26.0. The van der Waals surface area contributed by atoms with Gasteiger partial charge in [0.25, 0.3) is 0 Å². The Bertz CT molecular complexity index is 392. The lowest BCUT2D eigenvalue weighted by Crippen LogP contribution is -2.44. The highest BCUT2D eigenvalue weighted by molar-refractivity contribution is 6.60. The smallest absolute Gasteiger partial charge is 0.377 e. The predicted molar refractivity (Wildman–Crippen MR) is 157 cm³/mol. The molecule has 0 saturated carbocycles. The van der Waals surface area contributed by atoms with Gasteiger partial charge in [0, 0.05) is 27.4 Å². The Hall–Kier alpha value is 0.0969. The van der Waals surface area contributed by atoms with Gasteiger partial charge in [-0.1, -0.05) is 168 Å². The lowest BCUT2D eigenvalue weighted by molar-refractivity contribution is 0.116. The van der Waals surface area contributed by atoms with Crippen LogP contribution in [0.4, 0.5) is 0 Å². The average Bonchev–Trinajstić information content (AvgIpc) is 2.88. The summed E-state index contributed by atoms with van der Waals surface area (Å²) in [6.45, 7) is 4.59. The monoisotopic (exact) mass is 514 g/mol. The zero-order chi connectivity index (χ0) is 25.9. The summed E-state index contributed by atoms with van der Waals surface area (Å²) in [6, 6.07) is 0.978. The molecule has 0 spiro atoms. The van der Waals surface area contributed by atoms with Crippen LogP contribution in [0, 0.1) is 5.92 Å². The molecule has 0 amide bonds. The molecule has 0 radical (unpaired) electrons. The molecule has 212 valence electrons. The molecule has 0 aliphatic rings. The second kappa shape index (κ2) is 27.1. The minimum Gasteiger partial charge on any atom is -0.377 e. The molecule has 0 aromatic heterocycles. The van der Waals surface area contributed by atoms with Crippen LogP contribution in [0.3, 0.4) is 0 Å². The Morgan fingerprint density at radius 1 is 0.400 bits per heavy atom. The second-order valence-corrected chi connectivity index (χ2v) is 14.0. The van der Waals surface area contributed by atoms with Gasteiger partial charge in [0.1, 0.15) is 0 Å². The molecule has 0 aromatic rings. The maximum absolute atomic E-state index is 5.77. The Morgan fingerprint density at radius 2 is 0.657 bits per heavy atom. The second-order valence-electron chi connectivity index (χ2n) is 11.0. The molecule has 0 fully saturated rings. The van der Waals surface area contributed by atoms with E-state index >= 15 is 0 Å². The van der Waals surface area contributed by atoms with E-state index in [1.165, 1.54) is 154 Å². The van der Waals surface area contributed by atoms with Crippen molar-refractivity contribution in [3.8, 4) is 0 Å². The van der Waals surface area contributed by atoms with Gasteiger partial charge in [-0.25, -0.2) is 0 Å². The maximum atomic E-state index is 5.77. The maximum Gasteiger partial charge on any atom is 0.500 e. The van der Waals surface area contributed by atoms with E-state index < -0.39 is 8.80 Å². The van der Waals surface area contributed by atoms with Crippen molar-refractivity contribution < 1.29 is 13.3 Å². The molecule has 0 heterocycles. The van der Waals surface area contributed by atoms with Crippen LogP contribution in [0.1, 0.15) is 168 Å². The van der Waals surface area contributed by atoms with Crippen LogP contribution in [-0.2, 0) is 13.3 Å². The van der Waals surface area contributed by atoms with Gasteiger partial charge in [-0.05, 0) is 5.92 Å². The van der Waals surface area contributed by atoms with Gasteiger partial charge in [0.05, 0.1) is 0 Å². The fraction of sp³-hybridized carbons (Fsp3) is 1.00. The van der Waals surface area contributed by atoms with Crippen molar-refractivity contribution in [2.24, 2.45) is 5.92 Å². The van der Waals surface area contributed by atoms with Crippen molar-refractivity contribution >= 4 is 8.80 Å². The SMILES string of the molecule is CCCCCCCCCCCCCCC(CCCCCCCCCCCC)C[Si](OC)(OC)OC. The number of unbranched alkanes of at least 4 members (excludes halogenated alkanes) is 20. The van der Waals surface area contributed by atoms with Gasteiger partial charge in [-0.3, -0.25) is 0 Å². The molecule has 0 aliphatic carbocycles. The van der Waals surface area contributed by atoms with Crippen LogP contribution < -0.4 is 0 Å². The van der Waals surface area contributed by atoms with E-state index in [0.717, 1.165) is 6.04 Å². The van der Waals surface area contributed by atoms with Crippen molar-refractivity contribution in [2.45, 2.75) is 174 Å². The normalized spacial score (nSPS) is 12.9. The molecular weight excluding hydrogens is 448 g/mol. The zero-order valence-electron chi connectivity index (χ0n) is 25.0. The number of hydrogen-bond donors (Lipinski definition) is 0. The first-order valence-electron chi connectivity index (χ1n) is 15.8. The highest BCUT2D eigenvalue weighted by Gasteiger charge is 2.40. The highest BCUT2D eigenvalue weighted by Crippen LogP contribution is 2.29. The van der Waals surface area contributed by atoms with Crippen LogP contribution in [0.2, 0.25) is 6.04 Å². The first-order chi connectivity index (χ1) is 17.2. The molecular formula is C31H66O3Si. The van der Waals surface area contributed by atoms with E-state index in [2.05, 4.69) is 13.8 Å². The number of rotatable bonds is 29. The first kappa shape index (κ1) is 35.1. The lowest BCUT2D eigenvalue weighted by atomic mass is 9.95. The molecule has 1 atom stereocenters. The van der Waals surface area contributed by atoms with Crippen LogP contribution in [0.15, 0.2) is 0 Å². The predicted octanol–water partition coefficient (Wildman–Crippen LogP) is 10.9. The van der Waals surface area contributed by atoms with E-state index in [-0.39, 0.29) is 0 Å². The molecule has 0 rings (SSSR count). The largest absolute Gasteiger partial charge is 0.500 e. The van der Waals surface area contributed by atoms with E-state index in [1.54, 1.807) is 21.3 Å². The van der Waals surface area contributed by atoms with Crippen molar-refractivity contribution in [3.05, 3.63) is 0 Å². The molecule has 0 bridgehead atoms. The molecule has 0 aliphatic heterocycles. The topological polar surface area (TPSA) is 27.7 Å². The van der Waals surface area contributed by atoms with Gasteiger partial charge in [0.15, 0.2) is 0 Å². The molecule has 3 nitrogen and oxygen atoms in total. The summed E-state index contributed by atoms with van der Waals surface area (Å²) >= 11 is 0. The third-order valence-electron chi connectivity index (χ3n) is 7.90. The average molecular weight is 515 g/mol. The van der Waals surface area contributed by atoms with Crippen molar-refractivity contribution in [1.82, 2.24) is 0 Å². The van der Waals surface area contributed by atoms with Gasteiger partial charge in [0.2, 0.25) is 0 Å². The summed E-state index contributed by atoms with van der Waals surface area (Å²) in [5, 5.41) is 0.